The maximum absolute atomic E-state index is 6.14. The van der Waals surface area contributed by atoms with Gasteiger partial charge in [-0.3, -0.25) is 0 Å². The summed E-state index contributed by atoms with van der Waals surface area (Å²) in [5, 5.41) is 0. The van der Waals surface area contributed by atoms with Crippen LogP contribution >= 0.6 is 0 Å². The molecule has 0 aliphatic carbocycles. The van der Waals surface area contributed by atoms with Gasteiger partial charge < -0.3 is 28.3 Å². The van der Waals surface area contributed by atoms with E-state index >= 15 is 0 Å². The van der Waals surface area contributed by atoms with Gasteiger partial charge in [0.2, 0.25) is 0 Å². The van der Waals surface area contributed by atoms with Gasteiger partial charge in [0, 0.05) is 12.1 Å². The number of unbranched alkanes of at least 4 members (excludes halogenated alkanes) is 12. The van der Waals surface area contributed by atoms with Gasteiger partial charge in [0.25, 0.3) is 0 Å². The Balaban J connectivity index is 1.97. The highest BCUT2D eigenvalue weighted by Gasteiger charge is 2.12. The molecule has 0 aromatic heterocycles. The number of rotatable bonds is 28. The summed E-state index contributed by atoms with van der Waals surface area (Å²) in [5.74, 6) is 4.35. The van der Waals surface area contributed by atoms with Crippen molar-refractivity contribution in [3.63, 3.8) is 0 Å². The van der Waals surface area contributed by atoms with Crippen LogP contribution in [-0.2, 0) is 0 Å². The van der Waals surface area contributed by atoms with E-state index in [9.17, 15) is 0 Å². The second kappa shape index (κ2) is 24.7. The predicted octanol–water partition coefficient (Wildman–Crippen LogP) is 10.2. The number of hydrogen-bond acceptors (Lipinski definition) is 6. The standard InChI is InChI=1S/C36H59BO6/c1-5-9-13-17-25-38-33-23-21-31(29-35(33)40-27-19-15-11-7-3)42-37-43-32-22-24-34(39-26-18-14-10-6-2)36(30-32)41-28-20-16-12-8-4/h21-24,29-30,37H,5-20,25-28H2,1-4H3. The molecule has 0 spiro atoms. The van der Waals surface area contributed by atoms with Crippen molar-refractivity contribution in [1.82, 2.24) is 0 Å². The van der Waals surface area contributed by atoms with Crippen molar-refractivity contribution >= 4 is 7.69 Å². The summed E-state index contributed by atoms with van der Waals surface area (Å²) in [6, 6.07) is 11.5. The number of hydrogen-bond donors (Lipinski definition) is 0. The zero-order chi connectivity index (χ0) is 30.8. The molecule has 0 atom stereocenters. The van der Waals surface area contributed by atoms with E-state index in [4.69, 9.17) is 28.3 Å². The van der Waals surface area contributed by atoms with Crippen molar-refractivity contribution in [2.45, 2.75) is 130 Å². The van der Waals surface area contributed by atoms with Crippen molar-refractivity contribution in [2.75, 3.05) is 26.4 Å². The molecule has 0 saturated carbocycles. The topological polar surface area (TPSA) is 55.4 Å². The molecule has 2 aromatic rings. The second-order valence-corrected chi connectivity index (χ2v) is 11.3. The fraction of sp³-hybridized carbons (Fsp3) is 0.667. The minimum atomic E-state index is 0.0698. The van der Waals surface area contributed by atoms with Gasteiger partial charge >= 0.3 is 7.69 Å². The van der Waals surface area contributed by atoms with Crippen molar-refractivity contribution in [2.24, 2.45) is 0 Å². The van der Waals surface area contributed by atoms with Gasteiger partial charge in [-0.2, -0.15) is 0 Å². The van der Waals surface area contributed by atoms with Gasteiger partial charge in [0.05, 0.1) is 26.4 Å². The third-order valence-electron chi connectivity index (χ3n) is 7.30. The molecule has 0 amide bonds. The first-order valence-electron chi connectivity index (χ1n) is 17.3. The molecule has 0 saturated heterocycles. The van der Waals surface area contributed by atoms with E-state index in [1.165, 1.54) is 77.0 Å². The Hall–Kier alpha value is -2.70. The van der Waals surface area contributed by atoms with E-state index in [0.29, 0.717) is 37.9 Å². The number of ether oxygens (including phenoxy) is 4. The Labute approximate surface area is 263 Å². The van der Waals surface area contributed by atoms with Crippen LogP contribution in [0, 0.1) is 0 Å². The molecular weight excluding hydrogens is 539 g/mol. The average molecular weight is 599 g/mol. The maximum atomic E-state index is 6.14. The molecule has 0 bridgehead atoms. The Morgan fingerprint density at radius 2 is 0.721 bits per heavy atom. The van der Waals surface area contributed by atoms with Crippen molar-refractivity contribution < 1.29 is 28.3 Å². The summed E-state index contributed by atoms with van der Waals surface area (Å²) in [7, 11) is 0.0698. The monoisotopic (exact) mass is 598 g/mol. The molecule has 0 radical (unpaired) electrons. The minimum Gasteiger partial charge on any atom is -0.528 e. The highest BCUT2D eigenvalue weighted by Crippen LogP contribution is 2.34. The van der Waals surface area contributed by atoms with Gasteiger partial charge in [-0.25, -0.2) is 0 Å². The Bertz CT molecular complexity index is 878. The maximum Gasteiger partial charge on any atom is 0.576 e. The molecule has 0 aliphatic rings. The van der Waals surface area contributed by atoms with Gasteiger partial charge in [0.15, 0.2) is 23.0 Å². The van der Waals surface area contributed by atoms with Crippen molar-refractivity contribution in [1.29, 1.82) is 0 Å². The van der Waals surface area contributed by atoms with Crippen LogP contribution < -0.4 is 28.3 Å². The molecule has 0 unspecified atom stereocenters. The van der Waals surface area contributed by atoms with Crippen LogP contribution in [0.15, 0.2) is 36.4 Å². The highest BCUT2D eigenvalue weighted by atomic mass is 16.6. The summed E-state index contributed by atoms with van der Waals surface area (Å²) >= 11 is 0. The molecule has 0 heterocycles. The average Bonchev–Trinajstić information content (AvgIpc) is 3.02. The lowest BCUT2D eigenvalue weighted by molar-refractivity contribution is 0.257. The van der Waals surface area contributed by atoms with Crippen LogP contribution in [-0.4, -0.2) is 34.1 Å². The molecular formula is C36H59BO6. The van der Waals surface area contributed by atoms with Crippen LogP contribution in [0.25, 0.3) is 0 Å². The predicted molar refractivity (Wildman–Crippen MR) is 180 cm³/mol. The lowest BCUT2D eigenvalue weighted by atomic mass is 10.2. The summed E-state index contributed by atoms with van der Waals surface area (Å²) in [5.41, 5.74) is 0. The highest BCUT2D eigenvalue weighted by molar-refractivity contribution is 6.20. The first-order valence-corrected chi connectivity index (χ1v) is 17.3. The van der Waals surface area contributed by atoms with E-state index in [1.54, 1.807) is 0 Å². The van der Waals surface area contributed by atoms with E-state index in [-0.39, 0.29) is 7.69 Å². The molecule has 0 N–H and O–H groups in total. The van der Waals surface area contributed by atoms with Crippen molar-refractivity contribution in [3.8, 4) is 34.5 Å². The molecule has 0 aliphatic heterocycles. The fourth-order valence-electron chi connectivity index (χ4n) is 4.63. The van der Waals surface area contributed by atoms with Crippen molar-refractivity contribution in [3.05, 3.63) is 36.4 Å². The fourth-order valence-corrected chi connectivity index (χ4v) is 4.63. The molecule has 7 heteroatoms. The van der Waals surface area contributed by atoms with Crippen LogP contribution in [0.5, 0.6) is 34.5 Å². The normalized spacial score (nSPS) is 10.8. The summed E-state index contributed by atoms with van der Waals surface area (Å²) in [4.78, 5) is 0. The molecule has 6 nitrogen and oxygen atoms in total. The van der Waals surface area contributed by atoms with Gasteiger partial charge in [-0.1, -0.05) is 105 Å². The Morgan fingerprint density at radius 1 is 0.395 bits per heavy atom. The summed E-state index contributed by atoms with van der Waals surface area (Å²) in [6.45, 7) is 11.6. The Morgan fingerprint density at radius 3 is 1.05 bits per heavy atom. The first kappa shape index (κ1) is 36.5. The zero-order valence-electron chi connectivity index (χ0n) is 27.8. The number of benzene rings is 2. The lowest BCUT2D eigenvalue weighted by Crippen LogP contribution is -2.12. The van der Waals surface area contributed by atoms with Gasteiger partial charge in [-0.15, -0.1) is 0 Å². The SMILES string of the molecule is CCCCCCOc1ccc(OBOc2ccc(OCCCCCC)c(OCCCCCC)c2)cc1OCCCCCC. The van der Waals surface area contributed by atoms with Crippen LogP contribution in [0.3, 0.4) is 0 Å². The van der Waals surface area contributed by atoms with Crippen LogP contribution in [0.1, 0.15) is 130 Å². The summed E-state index contributed by atoms with van der Waals surface area (Å²) in [6.07, 6.45) is 18.6. The van der Waals surface area contributed by atoms with E-state index < -0.39 is 0 Å². The zero-order valence-corrected chi connectivity index (χ0v) is 27.8. The quantitative estimate of drug-likeness (QED) is 0.0718. The van der Waals surface area contributed by atoms with E-state index in [0.717, 1.165) is 48.7 Å². The molecule has 43 heavy (non-hydrogen) atoms. The van der Waals surface area contributed by atoms with Crippen LogP contribution in [0.4, 0.5) is 0 Å². The first-order chi connectivity index (χ1) is 21.2. The molecule has 2 aromatic carbocycles. The molecule has 0 fully saturated rings. The lowest BCUT2D eigenvalue weighted by Gasteiger charge is -2.16. The third kappa shape index (κ3) is 16.7. The molecule has 242 valence electrons. The summed E-state index contributed by atoms with van der Waals surface area (Å²) < 4.78 is 36.4. The van der Waals surface area contributed by atoms with E-state index in [2.05, 4.69) is 27.7 Å². The second-order valence-electron chi connectivity index (χ2n) is 11.3. The van der Waals surface area contributed by atoms with E-state index in [1.807, 2.05) is 36.4 Å². The minimum absolute atomic E-state index is 0.0698. The largest absolute Gasteiger partial charge is 0.576 e. The molecule has 2 rings (SSSR count). The van der Waals surface area contributed by atoms with Gasteiger partial charge in [-0.05, 0) is 49.9 Å². The Kier molecular flexibility index (Phi) is 21.0. The third-order valence-corrected chi connectivity index (χ3v) is 7.30. The van der Waals surface area contributed by atoms with Crippen LogP contribution in [0.2, 0.25) is 0 Å². The van der Waals surface area contributed by atoms with Gasteiger partial charge in [0.1, 0.15) is 11.5 Å². The smallest absolute Gasteiger partial charge is 0.528 e.